The van der Waals surface area contributed by atoms with Gasteiger partial charge in [-0.15, -0.1) is 0 Å². The summed E-state index contributed by atoms with van der Waals surface area (Å²) in [7, 11) is 0. The molecule has 5 aromatic carbocycles. The standard InChI is InChI=1S/C14H10.C10H7Cl/c1-3-7-13-11(5-1)9-10-12-6-2-4-8-14(12)13;11-10-7-3-5-8-4-1-2-6-9(8)10/h1-10H;1-7H. The molecule has 120 valence electrons. The maximum absolute atomic E-state index is 5.96. The van der Waals surface area contributed by atoms with Crippen LogP contribution in [-0.2, 0) is 0 Å². The van der Waals surface area contributed by atoms with E-state index >= 15 is 0 Å². The largest absolute Gasteiger partial charge is 0.0837 e. The average molecular weight is 341 g/mol. The molecular formula is C24H17Cl. The molecule has 0 fully saturated rings. The predicted molar refractivity (Wildman–Crippen MR) is 110 cm³/mol. The summed E-state index contributed by atoms with van der Waals surface area (Å²) in [6, 6.07) is 35.4. The Morgan fingerprint density at radius 1 is 0.360 bits per heavy atom. The van der Waals surface area contributed by atoms with E-state index < -0.39 is 0 Å². The third kappa shape index (κ3) is 3.22. The molecule has 0 aliphatic carbocycles. The maximum atomic E-state index is 5.96. The van der Waals surface area contributed by atoms with Gasteiger partial charge in [0, 0.05) is 10.4 Å². The van der Waals surface area contributed by atoms with Crippen LogP contribution in [0.25, 0.3) is 32.3 Å². The van der Waals surface area contributed by atoms with Crippen LogP contribution < -0.4 is 0 Å². The third-order valence-electron chi connectivity index (χ3n) is 4.39. The van der Waals surface area contributed by atoms with Gasteiger partial charge in [0.1, 0.15) is 0 Å². The Balaban J connectivity index is 0.000000129. The zero-order valence-corrected chi connectivity index (χ0v) is 14.4. The topological polar surface area (TPSA) is 0 Å². The summed E-state index contributed by atoms with van der Waals surface area (Å²) in [6.45, 7) is 0. The highest BCUT2D eigenvalue weighted by Gasteiger charge is 1.97. The fourth-order valence-electron chi connectivity index (χ4n) is 3.14. The van der Waals surface area contributed by atoms with Crippen LogP contribution >= 0.6 is 11.6 Å². The van der Waals surface area contributed by atoms with Gasteiger partial charge < -0.3 is 0 Å². The Hall–Kier alpha value is -2.83. The zero-order valence-electron chi connectivity index (χ0n) is 13.7. The summed E-state index contributed by atoms with van der Waals surface area (Å²) < 4.78 is 0. The van der Waals surface area contributed by atoms with Crippen LogP contribution in [0.2, 0.25) is 5.02 Å². The Labute approximate surface area is 152 Å². The molecule has 5 aromatic rings. The van der Waals surface area contributed by atoms with Crippen molar-refractivity contribution in [3.8, 4) is 0 Å². The fraction of sp³-hybridized carbons (Fsp3) is 0. The van der Waals surface area contributed by atoms with E-state index in [2.05, 4.69) is 72.8 Å². The van der Waals surface area contributed by atoms with Crippen molar-refractivity contribution in [2.24, 2.45) is 0 Å². The van der Waals surface area contributed by atoms with E-state index in [4.69, 9.17) is 11.6 Å². The molecule has 0 aromatic heterocycles. The monoisotopic (exact) mass is 340 g/mol. The lowest BCUT2D eigenvalue weighted by atomic mass is 10.0. The molecule has 0 atom stereocenters. The Morgan fingerprint density at radius 3 is 1.28 bits per heavy atom. The molecule has 0 nitrogen and oxygen atoms in total. The van der Waals surface area contributed by atoms with Gasteiger partial charge in [0.25, 0.3) is 0 Å². The van der Waals surface area contributed by atoms with Gasteiger partial charge >= 0.3 is 0 Å². The van der Waals surface area contributed by atoms with E-state index in [1.54, 1.807) is 0 Å². The summed E-state index contributed by atoms with van der Waals surface area (Å²) in [4.78, 5) is 0. The number of hydrogen-bond acceptors (Lipinski definition) is 0. The highest BCUT2D eigenvalue weighted by molar-refractivity contribution is 6.35. The van der Waals surface area contributed by atoms with Gasteiger partial charge in [-0.3, -0.25) is 0 Å². The van der Waals surface area contributed by atoms with Crippen LogP contribution in [0.1, 0.15) is 0 Å². The van der Waals surface area contributed by atoms with Gasteiger partial charge in [0.05, 0.1) is 0 Å². The first-order valence-electron chi connectivity index (χ1n) is 8.33. The first-order chi connectivity index (χ1) is 12.3. The van der Waals surface area contributed by atoms with E-state index in [0.29, 0.717) is 0 Å². The molecule has 0 radical (unpaired) electrons. The second-order valence-corrected chi connectivity index (χ2v) is 6.38. The first kappa shape index (κ1) is 15.7. The Morgan fingerprint density at radius 2 is 0.760 bits per heavy atom. The molecule has 0 aliphatic heterocycles. The molecule has 0 bridgehead atoms. The zero-order chi connectivity index (χ0) is 17.1. The molecule has 0 saturated heterocycles. The second kappa shape index (κ2) is 6.96. The van der Waals surface area contributed by atoms with Crippen LogP contribution in [-0.4, -0.2) is 0 Å². The van der Waals surface area contributed by atoms with Crippen LogP contribution in [0.4, 0.5) is 0 Å². The minimum atomic E-state index is 0.822. The van der Waals surface area contributed by atoms with Crippen molar-refractivity contribution in [2.45, 2.75) is 0 Å². The summed E-state index contributed by atoms with van der Waals surface area (Å²) in [5, 5.41) is 8.44. The number of fused-ring (bicyclic) bond motifs is 4. The molecule has 25 heavy (non-hydrogen) atoms. The SMILES string of the molecule is Clc1cccc2ccccc12.c1ccc2c(c1)ccc1ccccc12. The quantitative estimate of drug-likeness (QED) is 0.256. The van der Waals surface area contributed by atoms with Gasteiger partial charge in [-0.05, 0) is 33.0 Å². The summed E-state index contributed by atoms with van der Waals surface area (Å²) in [6.07, 6.45) is 0. The van der Waals surface area contributed by atoms with Crippen molar-refractivity contribution in [1.29, 1.82) is 0 Å². The van der Waals surface area contributed by atoms with Crippen molar-refractivity contribution in [3.05, 3.63) is 108 Å². The van der Waals surface area contributed by atoms with E-state index in [1.807, 2.05) is 30.3 Å². The molecule has 0 heterocycles. The van der Waals surface area contributed by atoms with E-state index in [-0.39, 0.29) is 0 Å². The maximum Gasteiger partial charge on any atom is 0.0484 e. The van der Waals surface area contributed by atoms with Crippen molar-refractivity contribution >= 4 is 43.9 Å². The lowest BCUT2D eigenvalue weighted by Gasteiger charge is -2.02. The Bertz CT molecular complexity index is 1100. The van der Waals surface area contributed by atoms with Crippen molar-refractivity contribution in [1.82, 2.24) is 0 Å². The van der Waals surface area contributed by atoms with Crippen LogP contribution in [0.15, 0.2) is 103 Å². The molecule has 0 aliphatic rings. The summed E-state index contributed by atoms with van der Waals surface area (Å²) >= 11 is 5.96. The molecule has 0 spiro atoms. The van der Waals surface area contributed by atoms with Gasteiger partial charge in [-0.25, -0.2) is 0 Å². The van der Waals surface area contributed by atoms with Gasteiger partial charge in [-0.2, -0.15) is 0 Å². The molecule has 0 saturated carbocycles. The number of benzene rings is 5. The van der Waals surface area contributed by atoms with Gasteiger partial charge in [0.2, 0.25) is 0 Å². The molecular weight excluding hydrogens is 324 g/mol. The summed E-state index contributed by atoms with van der Waals surface area (Å²) in [5.74, 6) is 0. The van der Waals surface area contributed by atoms with Crippen LogP contribution in [0, 0.1) is 0 Å². The van der Waals surface area contributed by atoms with Crippen molar-refractivity contribution in [3.63, 3.8) is 0 Å². The number of rotatable bonds is 0. The number of halogens is 1. The van der Waals surface area contributed by atoms with Crippen molar-refractivity contribution in [2.75, 3.05) is 0 Å². The van der Waals surface area contributed by atoms with Gasteiger partial charge in [0.15, 0.2) is 0 Å². The third-order valence-corrected chi connectivity index (χ3v) is 4.72. The van der Waals surface area contributed by atoms with Crippen LogP contribution in [0.5, 0.6) is 0 Å². The Kier molecular flexibility index (Phi) is 4.37. The molecule has 5 rings (SSSR count). The first-order valence-corrected chi connectivity index (χ1v) is 8.70. The fourth-order valence-corrected chi connectivity index (χ4v) is 3.39. The predicted octanol–water partition coefficient (Wildman–Crippen LogP) is 7.49. The van der Waals surface area contributed by atoms with E-state index in [0.717, 1.165) is 10.4 Å². The van der Waals surface area contributed by atoms with E-state index in [1.165, 1.54) is 26.9 Å². The van der Waals surface area contributed by atoms with Crippen LogP contribution in [0.3, 0.4) is 0 Å². The molecule has 0 unspecified atom stereocenters. The lowest BCUT2D eigenvalue weighted by molar-refractivity contribution is 1.75. The number of hydrogen-bond donors (Lipinski definition) is 0. The molecule has 0 N–H and O–H groups in total. The highest BCUT2D eigenvalue weighted by atomic mass is 35.5. The van der Waals surface area contributed by atoms with Crippen molar-refractivity contribution < 1.29 is 0 Å². The smallest absolute Gasteiger partial charge is 0.0484 e. The molecule has 1 heteroatoms. The normalized spacial score (nSPS) is 10.6. The average Bonchev–Trinajstić information content (AvgIpc) is 2.69. The molecule has 0 amide bonds. The van der Waals surface area contributed by atoms with Gasteiger partial charge in [-0.1, -0.05) is 109 Å². The summed E-state index contributed by atoms with van der Waals surface area (Å²) in [5.41, 5.74) is 0. The highest BCUT2D eigenvalue weighted by Crippen LogP contribution is 2.24. The lowest BCUT2D eigenvalue weighted by Crippen LogP contribution is -1.75. The minimum Gasteiger partial charge on any atom is -0.0837 e. The van der Waals surface area contributed by atoms with E-state index in [9.17, 15) is 0 Å². The second-order valence-electron chi connectivity index (χ2n) is 5.97. The minimum absolute atomic E-state index is 0.822.